The van der Waals surface area contributed by atoms with Gasteiger partial charge in [-0.1, -0.05) is 45.9 Å². The maximum absolute atomic E-state index is 3.38. The highest BCUT2D eigenvalue weighted by Gasteiger charge is 2.12. The van der Waals surface area contributed by atoms with Gasteiger partial charge in [0.15, 0.2) is 0 Å². The van der Waals surface area contributed by atoms with Crippen molar-refractivity contribution in [3.8, 4) is 0 Å². The standard InChI is InChI=1S/C14H22N/c1-6-15-14-12(10(2)3)8-7-9-13(14)11(4)5/h6-11,15H,1-5H3. The minimum Gasteiger partial charge on any atom is -0.380 e. The highest BCUT2D eigenvalue weighted by atomic mass is 14.9. The third kappa shape index (κ3) is 2.74. The Bertz CT molecular complexity index is 287. The summed E-state index contributed by atoms with van der Waals surface area (Å²) in [5.74, 6) is 1.12. The molecule has 1 rings (SSSR count). The molecular formula is C14H22N. The topological polar surface area (TPSA) is 12.0 Å². The van der Waals surface area contributed by atoms with Crippen molar-refractivity contribution in [2.45, 2.75) is 46.5 Å². The molecule has 0 unspecified atom stereocenters. The van der Waals surface area contributed by atoms with Crippen LogP contribution in [0.25, 0.3) is 0 Å². The Hall–Kier alpha value is -0.980. The second kappa shape index (κ2) is 5.20. The van der Waals surface area contributed by atoms with Gasteiger partial charge in [-0.25, -0.2) is 0 Å². The van der Waals surface area contributed by atoms with E-state index in [2.05, 4.69) is 51.2 Å². The Labute approximate surface area is 93.9 Å². The second-order valence-electron chi connectivity index (χ2n) is 4.55. The summed E-state index contributed by atoms with van der Waals surface area (Å²) in [7, 11) is 0. The minimum atomic E-state index is 0.561. The summed E-state index contributed by atoms with van der Waals surface area (Å²) in [6, 6.07) is 6.58. The fourth-order valence-corrected chi connectivity index (χ4v) is 1.86. The molecule has 1 heteroatoms. The molecule has 0 bridgehead atoms. The SMILES string of the molecule is C[CH]Nc1c(C(C)C)cccc1C(C)C. The van der Waals surface area contributed by atoms with E-state index in [1.165, 1.54) is 16.8 Å². The lowest BCUT2D eigenvalue weighted by molar-refractivity contribution is 0.837. The predicted octanol–water partition coefficient (Wildman–Crippen LogP) is 4.53. The molecule has 0 amide bonds. The molecule has 0 aliphatic carbocycles. The summed E-state index contributed by atoms with van der Waals surface area (Å²) in [6.45, 7) is 13.0. The second-order valence-corrected chi connectivity index (χ2v) is 4.55. The van der Waals surface area contributed by atoms with E-state index in [1.54, 1.807) is 0 Å². The number of hydrogen-bond donors (Lipinski definition) is 1. The molecule has 83 valence electrons. The molecule has 1 radical (unpaired) electrons. The summed E-state index contributed by atoms with van der Waals surface area (Å²) in [6.07, 6.45) is 0. The number of rotatable bonds is 4. The van der Waals surface area contributed by atoms with E-state index in [4.69, 9.17) is 0 Å². The average molecular weight is 204 g/mol. The van der Waals surface area contributed by atoms with Crippen molar-refractivity contribution < 1.29 is 0 Å². The number of nitrogens with one attached hydrogen (secondary N) is 1. The van der Waals surface area contributed by atoms with Crippen LogP contribution in [-0.4, -0.2) is 0 Å². The van der Waals surface area contributed by atoms with E-state index in [0.717, 1.165) is 0 Å². The molecule has 0 saturated carbocycles. The van der Waals surface area contributed by atoms with Crippen LogP contribution in [0.4, 0.5) is 5.69 Å². The molecule has 0 aliphatic rings. The van der Waals surface area contributed by atoms with E-state index in [1.807, 2.05) is 13.5 Å². The van der Waals surface area contributed by atoms with Gasteiger partial charge in [0.25, 0.3) is 0 Å². The van der Waals surface area contributed by atoms with Crippen molar-refractivity contribution in [1.82, 2.24) is 0 Å². The normalized spacial score (nSPS) is 11.1. The average Bonchev–Trinajstić information content (AvgIpc) is 2.17. The van der Waals surface area contributed by atoms with Crippen molar-refractivity contribution in [2.24, 2.45) is 0 Å². The summed E-state index contributed by atoms with van der Waals surface area (Å²) in [5.41, 5.74) is 4.10. The Morgan fingerprint density at radius 3 is 1.80 bits per heavy atom. The first-order valence-electron chi connectivity index (χ1n) is 5.75. The summed E-state index contributed by atoms with van der Waals surface area (Å²) < 4.78 is 0. The van der Waals surface area contributed by atoms with Gasteiger partial charge in [0.05, 0.1) is 0 Å². The van der Waals surface area contributed by atoms with Gasteiger partial charge in [-0.2, -0.15) is 0 Å². The van der Waals surface area contributed by atoms with Crippen LogP contribution in [0.3, 0.4) is 0 Å². The smallest absolute Gasteiger partial charge is 0.0432 e. The first-order valence-corrected chi connectivity index (χ1v) is 5.75. The van der Waals surface area contributed by atoms with Gasteiger partial charge in [0.2, 0.25) is 0 Å². The van der Waals surface area contributed by atoms with E-state index in [9.17, 15) is 0 Å². The summed E-state index contributed by atoms with van der Waals surface area (Å²) >= 11 is 0. The first kappa shape index (κ1) is 12.1. The molecule has 0 atom stereocenters. The zero-order chi connectivity index (χ0) is 11.4. The van der Waals surface area contributed by atoms with Crippen LogP contribution in [-0.2, 0) is 0 Å². The van der Waals surface area contributed by atoms with E-state index in [0.29, 0.717) is 11.8 Å². The summed E-state index contributed by atoms with van der Waals surface area (Å²) in [4.78, 5) is 0. The highest BCUT2D eigenvalue weighted by molar-refractivity contribution is 5.60. The molecule has 15 heavy (non-hydrogen) atoms. The highest BCUT2D eigenvalue weighted by Crippen LogP contribution is 2.32. The maximum Gasteiger partial charge on any atom is 0.0432 e. The van der Waals surface area contributed by atoms with Gasteiger partial charge in [-0.15, -0.1) is 0 Å². The fraction of sp³-hybridized carbons (Fsp3) is 0.500. The van der Waals surface area contributed by atoms with Crippen LogP contribution < -0.4 is 5.32 Å². The Morgan fingerprint density at radius 1 is 1.00 bits per heavy atom. The fourth-order valence-electron chi connectivity index (χ4n) is 1.86. The van der Waals surface area contributed by atoms with Crippen molar-refractivity contribution in [1.29, 1.82) is 0 Å². The first-order chi connectivity index (χ1) is 7.07. The van der Waals surface area contributed by atoms with Gasteiger partial charge in [0, 0.05) is 12.2 Å². The van der Waals surface area contributed by atoms with Crippen LogP contribution in [0, 0.1) is 6.54 Å². The maximum atomic E-state index is 3.38. The Balaban J connectivity index is 3.21. The van der Waals surface area contributed by atoms with Crippen LogP contribution in [0.15, 0.2) is 18.2 Å². The molecule has 1 nitrogen and oxygen atoms in total. The lowest BCUT2D eigenvalue weighted by Gasteiger charge is -2.19. The van der Waals surface area contributed by atoms with E-state index >= 15 is 0 Å². The zero-order valence-electron chi connectivity index (χ0n) is 10.5. The lowest BCUT2D eigenvalue weighted by Crippen LogP contribution is -2.04. The van der Waals surface area contributed by atoms with Gasteiger partial charge >= 0.3 is 0 Å². The van der Waals surface area contributed by atoms with E-state index in [-0.39, 0.29) is 0 Å². The summed E-state index contributed by atoms with van der Waals surface area (Å²) in [5, 5.41) is 3.38. The number of anilines is 1. The molecule has 0 spiro atoms. The third-order valence-electron chi connectivity index (χ3n) is 2.66. The predicted molar refractivity (Wildman–Crippen MR) is 68.2 cm³/mol. The molecular weight excluding hydrogens is 182 g/mol. The van der Waals surface area contributed by atoms with Gasteiger partial charge in [0.1, 0.15) is 0 Å². The molecule has 1 aromatic carbocycles. The molecule has 0 aliphatic heterocycles. The quantitative estimate of drug-likeness (QED) is 0.760. The molecule has 1 aromatic rings. The molecule has 0 aromatic heterocycles. The van der Waals surface area contributed by atoms with Crippen LogP contribution >= 0.6 is 0 Å². The lowest BCUT2D eigenvalue weighted by atomic mass is 9.93. The molecule has 0 saturated heterocycles. The van der Waals surface area contributed by atoms with Crippen LogP contribution in [0.5, 0.6) is 0 Å². The Kier molecular flexibility index (Phi) is 4.19. The zero-order valence-corrected chi connectivity index (χ0v) is 10.5. The minimum absolute atomic E-state index is 0.561. The van der Waals surface area contributed by atoms with Crippen molar-refractivity contribution >= 4 is 5.69 Å². The number of hydrogen-bond acceptors (Lipinski definition) is 1. The number of para-hydroxylation sites is 1. The largest absolute Gasteiger partial charge is 0.380 e. The van der Waals surface area contributed by atoms with Crippen molar-refractivity contribution in [3.05, 3.63) is 35.9 Å². The number of benzene rings is 1. The molecule has 0 heterocycles. The van der Waals surface area contributed by atoms with Crippen LogP contribution in [0.1, 0.15) is 57.6 Å². The van der Waals surface area contributed by atoms with E-state index < -0.39 is 0 Å². The van der Waals surface area contributed by atoms with Crippen molar-refractivity contribution in [3.63, 3.8) is 0 Å². The van der Waals surface area contributed by atoms with Gasteiger partial charge in [-0.05, 0) is 29.9 Å². The van der Waals surface area contributed by atoms with Gasteiger partial charge < -0.3 is 5.32 Å². The van der Waals surface area contributed by atoms with Crippen molar-refractivity contribution in [2.75, 3.05) is 5.32 Å². The van der Waals surface area contributed by atoms with Crippen LogP contribution in [0.2, 0.25) is 0 Å². The van der Waals surface area contributed by atoms with Gasteiger partial charge in [-0.3, -0.25) is 0 Å². The third-order valence-corrected chi connectivity index (χ3v) is 2.66. The molecule has 0 fully saturated rings. The monoisotopic (exact) mass is 204 g/mol. The Morgan fingerprint density at radius 2 is 1.47 bits per heavy atom. The molecule has 1 N–H and O–H groups in total.